The van der Waals surface area contributed by atoms with Crippen molar-refractivity contribution >= 4 is 62.0 Å². The van der Waals surface area contributed by atoms with Crippen molar-refractivity contribution in [1.29, 1.82) is 0 Å². The van der Waals surface area contributed by atoms with Gasteiger partial charge in [0.15, 0.2) is 0 Å². The molecule has 0 unspecified atom stereocenters. The Kier molecular flexibility index (Phi) is 7.31. The maximum Gasteiger partial charge on any atom is 0.333 e. The Hall–Kier alpha value is -6.33. The molecule has 0 fully saturated rings. The van der Waals surface area contributed by atoms with E-state index in [1.165, 1.54) is 113 Å². The molecule has 0 N–H and O–H groups in total. The largest absolute Gasteiger partial charge is 0.376 e. The zero-order valence-corrected chi connectivity index (χ0v) is 38.9. The predicted molar refractivity (Wildman–Crippen MR) is 271 cm³/mol. The van der Waals surface area contributed by atoms with Gasteiger partial charge < -0.3 is 13.9 Å². The highest BCUT2D eigenvalue weighted by Crippen LogP contribution is 2.55. The molecular weight excluding hydrogens is 775 g/mol. The molecule has 314 valence electrons. The van der Waals surface area contributed by atoms with E-state index in [1.807, 2.05) is 0 Å². The van der Waals surface area contributed by atoms with Crippen LogP contribution in [0.15, 0.2) is 127 Å². The van der Waals surface area contributed by atoms with Gasteiger partial charge in [0.1, 0.15) is 5.82 Å². The van der Waals surface area contributed by atoms with Gasteiger partial charge in [-0.3, -0.25) is 0 Å². The Morgan fingerprint density at radius 2 is 1.28 bits per heavy atom. The SMILES string of the molecule is Cn1c(-c2ccccc2)nc2cc3c(cc21)-n1c2cc4c(cc2c2ccc5c(c21)B3N(c1ccc(C(C)(C)C)cc1)c1cc2c(cc1-5)C(C)(C)CCC2(C)C)C(C)(C)c1ccccc1-4. The zero-order valence-electron chi connectivity index (χ0n) is 38.9. The van der Waals surface area contributed by atoms with E-state index in [4.69, 9.17) is 4.98 Å². The average molecular weight is 831 g/mol. The molecule has 13 rings (SSSR count). The van der Waals surface area contributed by atoms with Gasteiger partial charge in [-0.25, -0.2) is 4.98 Å². The molecule has 4 heterocycles. The standard InChI is InChI=1S/C59H55BN4/c1-56(2,3)35-20-22-36(23-21-35)64-50-31-46-45(57(4,5)26-27-58(46,6)7)29-41(50)38-24-25-39-42-28-44-40(37-18-14-15-19-43(37)59(44,8)9)30-49(42)63-51-33-52-48(32-47(51)60(64)53(38)54(39)63)61-55(62(52)10)34-16-12-11-13-17-34/h11-25,28-33H,26-27H2,1-10H3. The van der Waals surface area contributed by atoms with Crippen LogP contribution < -0.4 is 15.7 Å². The highest BCUT2D eigenvalue weighted by Gasteiger charge is 2.47. The maximum absolute atomic E-state index is 5.45. The molecule has 0 atom stereocenters. The van der Waals surface area contributed by atoms with Crippen LogP contribution in [0.5, 0.6) is 0 Å². The number of fused-ring (bicyclic) bond motifs is 13. The first-order chi connectivity index (χ1) is 30.5. The summed E-state index contributed by atoms with van der Waals surface area (Å²) in [5.41, 5.74) is 24.9. The van der Waals surface area contributed by atoms with E-state index in [2.05, 4.69) is 211 Å². The van der Waals surface area contributed by atoms with E-state index in [9.17, 15) is 0 Å². The zero-order chi connectivity index (χ0) is 44.0. The molecule has 2 aliphatic carbocycles. The number of rotatable bonds is 2. The van der Waals surface area contributed by atoms with Crippen molar-refractivity contribution < 1.29 is 0 Å². The third kappa shape index (κ3) is 4.88. The first-order valence-corrected chi connectivity index (χ1v) is 23.4. The first-order valence-electron chi connectivity index (χ1n) is 23.4. The Bertz CT molecular complexity index is 3520. The van der Waals surface area contributed by atoms with Crippen LogP contribution in [0.4, 0.5) is 11.4 Å². The average Bonchev–Trinajstić information content (AvgIpc) is 3.87. The molecule has 0 bridgehead atoms. The molecule has 64 heavy (non-hydrogen) atoms. The number of anilines is 2. The van der Waals surface area contributed by atoms with Gasteiger partial charge in [-0.2, -0.15) is 0 Å². The molecule has 4 aliphatic rings. The number of imidazole rings is 1. The Labute approximate surface area is 377 Å². The highest BCUT2D eigenvalue weighted by molar-refractivity contribution is 6.93. The second kappa shape index (κ2) is 12.3. The molecule has 0 amide bonds. The summed E-state index contributed by atoms with van der Waals surface area (Å²) in [4.78, 5) is 8.17. The molecule has 5 heteroatoms. The summed E-state index contributed by atoms with van der Waals surface area (Å²) in [6.07, 6.45) is 2.34. The lowest BCUT2D eigenvalue weighted by atomic mass is 9.43. The molecule has 0 spiro atoms. The Morgan fingerprint density at radius 1 is 0.578 bits per heavy atom. The summed E-state index contributed by atoms with van der Waals surface area (Å²) in [6, 6.07) is 49.4. The third-order valence-corrected chi connectivity index (χ3v) is 16.3. The van der Waals surface area contributed by atoms with Crippen molar-refractivity contribution in [3.05, 3.63) is 155 Å². The van der Waals surface area contributed by atoms with Crippen molar-refractivity contribution in [2.75, 3.05) is 4.81 Å². The van der Waals surface area contributed by atoms with E-state index in [0.29, 0.717) is 0 Å². The fourth-order valence-corrected chi connectivity index (χ4v) is 12.6. The van der Waals surface area contributed by atoms with Crippen LogP contribution in [-0.4, -0.2) is 21.0 Å². The number of hydrogen-bond donors (Lipinski definition) is 0. The van der Waals surface area contributed by atoms with Crippen LogP contribution in [0.25, 0.3) is 72.2 Å². The summed E-state index contributed by atoms with van der Waals surface area (Å²) in [6.45, 7) is 21.5. The molecule has 2 aromatic heterocycles. The van der Waals surface area contributed by atoms with E-state index in [0.717, 1.165) is 22.4 Å². The quantitative estimate of drug-likeness (QED) is 0.162. The van der Waals surface area contributed by atoms with Gasteiger partial charge in [-0.15, -0.1) is 0 Å². The summed E-state index contributed by atoms with van der Waals surface area (Å²) >= 11 is 0. The molecule has 0 saturated carbocycles. The molecule has 9 aromatic rings. The van der Waals surface area contributed by atoms with Gasteiger partial charge in [-0.05, 0) is 133 Å². The van der Waals surface area contributed by atoms with Crippen molar-refractivity contribution in [3.63, 3.8) is 0 Å². The number of aryl methyl sites for hydroxylation is 1. The minimum Gasteiger partial charge on any atom is -0.376 e. The topological polar surface area (TPSA) is 26.0 Å². The van der Waals surface area contributed by atoms with Crippen LogP contribution in [0, 0.1) is 0 Å². The van der Waals surface area contributed by atoms with Crippen LogP contribution in [0.1, 0.15) is 103 Å². The summed E-state index contributed by atoms with van der Waals surface area (Å²) in [7, 11) is 2.18. The number of nitrogens with zero attached hydrogens (tertiary/aromatic N) is 4. The van der Waals surface area contributed by atoms with Crippen molar-refractivity contribution in [1.82, 2.24) is 14.1 Å². The molecule has 4 nitrogen and oxygen atoms in total. The summed E-state index contributed by atoms with van der Waals surface area (Å²) in [5.74, 6) is 0.982. The molecule has 0 radical (unpaired) electrons. The lowest BCUT2D eigenvalue weighted by Gasteiger charge is -2.46. The van der Waals surface area contributed by atoms with Gasteiger partial charge >= 0.3 is 6.85 Å². The number of aromatic nitrogens is 3. The monoisotopic (exact) mass is 830 g/mol. The van der Waals surface area contributed by atoms with Crippen LogP contribution in [0.2, 0.25) is 0 Å². The van der Waals surface area contributed by atoms with E-state index >= 15 is 0 Å². The number of hydrogen-bond acceptors (Lipinski definition) is 2. The lowest BCUT2D eigenvalue weighted by Crippen LogP contribution is -2.60. The first kappa shape index (κ1) is 38.2. The normalized spacial score (nSPS) is 17.1. The lowest BCUT2D eigenvalue weighted by molar-refractivity contribution is 0.332. The molecular formula is C59H55BN4. The number of benzene rings is 7. The summed E-state index contributed by atoms with van der Waals surface area (Å²) in [5, 5.41) is 2.64. The predicted octanol–water partition coefficient (Wildman–Crippen LogP) is 13.5. The maximum atomic E-state index is 5.45. The third-order valence-electron chi connectivity index (χ3n) is 16.3. The second-order valence-corrected chi connectivity index (χ2v) is 22.4. The van der Waals surface area contributed by atoms with Gasteiger partial charge in [0, 0.05) is 51.4 Å². The Morgan fingerprint density at radius 3 is 2.02 bits per heavy atom. The van der Waals surface area contributed by atoms with Crippen molar-refractivity contribution in [2.45, 2.75) is 96.8 Å². The summed E-state index contributed by atoms with van der Waals surface area (Å²) < 4.78 is 4.95. The molecule has 2 aliphatic heterocycles. The van der Waals surface area contributed by atoms with Gasteiger partial charge in [-0.1, -0.05) is 141 Å². The van der Waals surface area contributed by atoms with E-state index in [-0.39, 0.29) is 28.5 Å². The van der Waals surface area contributed by atoms with Gasteiger partial charge in [0.05, 0.1) is 22.1 Å². The van der Waals surface area contributed by atoms with Crippen LogP contribution in [-0.2, 0) is 28.7 Å². The van der Waals surface area contributed by atoms with E-state index in [1.54, 1.807) is 0 Å². The van der Waals surface area contributed by atoms with E-state index < -0.39 is 0 Å². The molecule has 0 saturated heterocycles. The van der Waals surface area contributed by atoms with Gasteiger partial charge in [0.2, 0.25) is 0 Å². The van der Waals surface area contributed by atoms with Gasteiger partial charge in [0.25, 0.3) is 0 Å². The van der Waals surface area contributed by atoms with Crippen molar-refractivity contribution in [3.8, 4) is 39.3 Å². The fourth-order valence-electron chi connectivity index (χ4n) is 12.6. The minimum atomic E-state index is -0.104. The van der Waals surface area contributed by atoms with Crippen LogP contribution >= 0.6 is 0 Å². The molecule has 7 aromatic carbocycles. The fraction of sp³-hybridized carbons (Fsp3) is 0.271. The smallest absolute Gasteiger partial charge is 0.333 e. The Balaban J connectivity index is 1.19. The highest BCUT2D eigenvalue weighted by atomic mass is 15.1. The second-order valence-electron chi connectivity index (χ2n) is 22.4. The van der Waals surface area contributed by atoms with Crippen molar-refractivity contribution in [2.24, 2.45) is 7.05 Å². The minimum absolute atomic E-state index is 0.0422. The van der Waals surface area contributed by atoms with Crippen LogP contribution in [0.3, 0.4) is 0 Å².